The van der Waals surface area contributed by atoms with Crippen LogP contribution in [-0.4, -0.2) is 58.7 Å². The molecule has 1 atom stereocenters. The Morgan fingerprint density at radius 3 is 2.47 bits per heavy atom. The van der Waals surface area contributed by atoms with E-state index in [1.165, 1.54) is 0 Å². The van der Waals surface area contributed by atoms with Gasteiger partial charge in [-0.15, -0.1) is 11.8 Å². The van der Waals surface area contributed by atoms with Crippen molar-refractivity contribution in [3.05, 3.63) is 11.1 Å². The standard InChI is InChI=1S/C13H21NO4S/c1-14-10(8-15)9-19-11(14)12(16)2-4-13(5-3-12)17-6-7-18-13/h9,11,15-16H,2-8H2,1H3. The highest BCUT2D eigenvalue weighted by atomic mass is 32.2. The van der Waals surface area contributed by atoms with Crippen LogP contribution in [0, 0.1) is 0 Å². The zero-order valence-electron chi connectivity index (χ0n) is 11.2. The number of aliphatic hydroxyl groups excluding tert-OH is 1. The van der Waals surface area contributed by atoms with Gasteiger partial charge in [-0.3, -0.25) is 0 Å². The molecule has 0 aromatic heterocycles. The van der Waals surface area contributed by atoms with Gasteiger partial charge < -0.3 is 24.6 Å². The Balaban J connectivity index is 1.66. The molecule has 2 fully saturated rings. The number of rotatable bonds is 2. The maximum Gasteiger partial charge on any atom is 0.168 e. The fraction of sp³-hybridized carbons (Fsp3) is 0.846. The van der Waals surface area contributed by atoms with Gasteiger partial charge in [-0.1, -0.05) is 0 Å². The van der Waals surface area contributed by atoms with E-state index in [0.29, 0.717) is 26.1 Å². The summed E-state index contributed by atoms with van der Waals surface area (Å²) in [6.45, 7) is 1.34. The molecule has 1 saturated carbocycles. The highest BCUT2D eigenvalue weighted by Gasteiger charge is 2.50. The number of aliphatic hydroxyl groups is 2. The number of nitrogens with zero attached hydrogens (tertiary/aromatic N) is 1. The molecule has 1 spiro atoms. The van der Waals surface area contributed by atoms with Gasteiger partial charge in [0, 0.05) is 25.6 Å². The second-order valence-electron chi connectivity index (χ2n) is 5.58. The van der Waals surface area contributed by atoms with Crippen LogP contribution in [0.15, 0.2) is 11.1 Å². The van der Waals surface area contributed by atoms with E-state index in [0.717, 1.165) is 18.5 Å². The van der Waals surface area contributed by atoms with Crippen LogP contribution in [-0.2, 0) is 9.47 Å². The van der Waals surface area contributed by atoms with Gasteiger partial charge in [-0.25, -0.2) is 0 Å². The van der Waals surface area contributed by atoms with Crippen LogP contribution in [0.3, 0.4) is 0 Å². The fourth-order valence-electron chi connectivity index (χ4n) is 3.20. The van der Waals surface area contributed by atoms with Crippen molar-refractivity contribution in [1.29, 1.82) is 0 Å². The first kappa shape index (κ1) is 13.7. The van der Waals surface area contributed by atoms with E-state index in [2.05, 4.69) is 0 Å². The van der Waals surface area contributed by atoms with E-state index in [-0.39, 0.29) is 12.0 Å². The van der Waals surface area contributed by atoms with Crippen LogP contribution in [0.4, 0.5) is 0 Å². The number of hydrogen-bond acceptors (Lipinski definition) is 6. The highest BCUT2D eigenvalue weighted by molar-refractivity contribution is 8.03. The van der Waals surface area contributed by atoms with Crippen LogP contribution in [0.2, 0.25) is 0 Å². The predicted octanol–water partition coefficient (Wildman–Crippen LogP) is 0.873. The summed E-state index contributed by atoms with van der Waals surface area (Å²) in [4.78, 5) is 1.99. The number of hydrogen-bond donors (Lipinski definition) is 2. The van der Waals surface area contributed by atoms with Crippen LogP contribution in [0.5, 0.6) is 0 Å². The van der Waals surface area contributed by atoms with Crippen molar-refractivity contribution in [2.75, 3.05) is 26.9 Å². The zero-order chi connectivity index (χ0) is 13.5. The highest BCUT2D eigenvalue weighted by Crippen LogP contribution is 2.47. The molecule has 5 nitrogen and oxygen atoms in total. The van der Waals surface area contributed by atoms with Crippen LogP contribution >= 0.6 is 11.8 Å². The minimum absolute atomic E-state index is 0.0200. The second-order valence-corrected chi connectivity index (χ2v) is 6.53. The van der Waals surface area contributed by atoms with Crippen LogP contribution < -0.4 is 0 Å². The summed E-state index contributed by atoms with van der Waals surface area (Å²) >= 11 is 1.59. The third-order valence-electron chi connectivity index (χ3n) is 4.45. The summed E-state index contributed by atoms with van der Waals surface area (Å²) in [7, 11) is 1.93. The molecular weight excluding hydrogens is 266 g/mol. The Labute approximate surface area is 117 Å². The number of ether oxygens (including phenoxy) is 2. The summed E-state index contributed by atoms with van der Waals surface area (Å²) in [5.74, 6) is -0.443. The van der Waals surface area contributed by atoms with Gasteiger partial charge in [-0.2, -0.15) is 0 Å². The predicted molar refractivity (Wildman–Crippen MR) is 72.4 cm³/mol. The Morgan fingerprint density at radius 2 is 1.95 bits per heavy atom. The van der Waals surface area contributed by atoms with Gasteiger partial charge in [0.1, 0.15) is 5.37 Å². The molecule has 3 aliphatic rings. The van der Waals surface area contributed by atoms with E-state index in [1.807, 2.05) is 17.4 Å². The summed E-state index contributed by atoms with van der Waals surface area (Å²) in [5, 5.41) is 22.1. The Bertz CT molecular complexity index is 371. The lowest BCUT2D eigenvalue weighted by Gasteiger charge is -2.45. The minimum atomic E-state index is -0.743. The molecule has 19 heavy (non-hydrogen) atoms. The van der Waals surface area contributed by atoms with E-state index < -0.39 is 11.4 Å². The van der Waals surface area contributed by atoms with Crippen LogP contribution in [0.1, 0.15) is 25.7 Å². The number of thioether (sulfide) groups is 1. The average Bonchev–Trinajstić information content (AvgIpc) is 3.01. The molecule has 108 valence electrons. The van der Waals surface area contributed by atoms with Gasteiger partial charge >= 0.3 is 0 Å². The van der Waals surface area contributed by atoms with Crippen molar-refractivity contribution in [2.24, 2.45) is 0 Å². The van der Waals surface area contributed by atoms with Crippen molar-refractivity contribution >= 4 is 11.8 Å². The summed E-state index contributed by atoms with van der Waals surface area (Å²) < 4.78 is 11.4. The Morgan fingerprint density at radius 1 is 1.32 bits per heavy atom. The SMILES string of the molecule is CN1C(CO)=CSC1C1(O)CCC2(CC1)OCCO2. The van der Waals surface area contributed by atoms with Crippen molar-refractivity contribution in [3.8, 4) is 0 Å². The van der Waals surface area contributed by atoms with Gasteiger partial charge in [0.05, 0.1) is 25.4 Å². The molecule has 0 aromatic carbocycles. The van der Waals surface area contributed by atoms with E-state index >= 15 is 0 Å². The molecule has 2 N–H and O–H groups in total. The van der Waals surface area contributed by atoms with Gasteiger partial charge in [0.15, 0.2) is 5.79 Å². The molecule has 2 aliphatic heterocycles. The molecule has 0 radical (unpaired) electrons. The first-order valence-corrected chi connectivity index (χ1v) is 7.71. The van der Waals surface area contributed by atoms with Crippen molar-refractivity contribution in [3.63, 3.8) is 0 Å². The maximum absolute atomic E-state index is 10.9. The smallest absolute Gasteiger partial charge is 0.168 e. The molecule has 1 aliphatic carbocycles. The largest absolute Gasteiger partial charge is 0.390 e. The van der Waals surface area contributed by atoms with Crippen LogP contribution in [0.25, 0.3) is 0 Å². The van der Waals surface area contributed by atoms with Crippen molar-refractivity contribution in [1.82, 2.24) is 4.90 Å². The minimum Gasteiger partial charge on any atom is -0.390 e. The topological polar surface area (TPSA) is 62.2 Å². The van der Waals surface area contributed by atoms with Gasteiger partial charge in [0.25, 0.3) is 0 Å². The molecule has 0 amide bonds. The lowest BCUT2D eigenvalue weighted by Crippen LogP contribution is -2.53. The Hall–Kier alpha value is -0.270. The molecule has 3 rings (SSSR count). The van der Waals surface area contributed by atoms with Crippen molar-refractivity contribution < 1.29 is 19.7 Å². The normalized spacial score (nSPS) is 32.9. The van der Waals surface area contributed by atoms with E-state index in [1.54, 1.807) is 11.8 Å². The average molecular weight is 287 g/mol. The van der Waals surface area contributed by atoms with Gasteiger partial charge in [-0.05, 0) is 18.2 Å². The monoisotopic (exact) mass is 287 g/mol. The van der Waals surface area contributed by atoms with E-state index in [9.17, 15) is 10.2 Å². The molecule has 0 bridgehead atoms. The third-order valence-corrected chi connectivity index (χ3v) is 5.87. The lowest BCUT2D eigenvalue weighted by atomic mass is 9.80. The molecule has 1 unspecified atom stereocenters. The summed E-state index contributed by atoms with van der Waals surface area (Å²) in [5.41, 5.74) is 0.130. The molecular formula is C13H21NO4S. The lowest BCUT2D eigenvalue weighted by molar-refractivity contribution is -0.205. The molecule has 2 heterocycles. The molecule has 0 aromatic rings. The first-order chi connectivity index (χ1) is 9.09. The molecule has 6 heteroatoms. The maximum atomic E-state index is 10.9. The summed E-state index contributed by atoms with van der Waals surface area (Å²) in [6, 6.07) is 0. The zero-order valence-corrected chi connectivity index (χ0v) is 12.0. The molecule has 1 saturated heterocycles. The second kappa shape index (κ2) is 4.93. The Kier molecular flexibility index (Phi) is 3.55. The number of likely N-dealkylation sites (N-methyl/N-ethyl adjacent to an activating group) is 1. The quantitative estimate of drug-likeness (QED) is 0.786. The fourth-order valence-corrected chi connectivity index (χ4v) is 4.53. The van der Waals surface area contributed by atoms with E-state index in [4.69, 9.17) is 9.47 Å². The van der Waals surface area contributed by atoms with Gasteiger partial charge in [0.2, 0.25) is 0 Å². The van der Waals surface area contributed by atoms with Crippen molar-refractivity contribution in [2.45, 2.75) is 42.4 Å². The first-order valence-electron chi connectivity index (χ1n) is 6.77. The third kappa shape index (κ3) is 2.29. The summed E-state index contributed by atoms with van der Waals surface area (Å²) in [6.07, 6.45) is 2.81.